The quantitative estimate of drug-likeness (QED) is 0.760. The molecule has 0 aliphatic carbocycles. The molecule has 2 aromatic rings. The van der Waals surface area contributed by atoms with Crippen molar-refractivity contribution in [3.05, 3.63) is 53.4 Å². The molecule has 0 spiro atoms. The second-order valence-corrected chi connectivity index (χ2v) is 8.79. The molecule has 30 heavy (non-hydrogen) atoms. The highest BCUT2D eigenvalue weighted by Crippen LogP contribution is 2.24. The SMILES string of the molecule is Cc1cc(CNC(=O)[C@H]2CCCN(C3CCN(CCc4ccccc4)CC3)C2)no1. The van der Waals surface area contributed by atoms with Gasteiger partial charge in [-0.25, -0.2) is 0 Å². The van der Waals surface area contributed by atoms with Gasteiger partial charge in [0.05, 0.1) is 12.5 Å². The molecule has 2 fully saturated rings. The van der Waals surface area contributed by atoms with Crippen molar-refractivity contribution >= 4 is 5.91 Å². The molecule has 0 saturated carbocycles. The maximum Gasteiger partial charge on any atom is 0.224 e. The topological polar surface area (TPSA) is 61.6 Å². The molecule has 1 aromatic heterocycles. The van der Waals surface area contributed by atoms with Crippen LogP contribution in [0.2, 0.25) is 0 Å². The van der Waals surface area contributed by atoms with Gasteiger partial charge in [-0.05, 0) is 64.2 Å². The van der Waals surface area contributed by atoms with Crippen LogP contribution in [0.4, 0.5) is 0 Å². The van der Waals surface area contributed by atoms with Crippen LogP contribution in [0.3, 0.4) is 0 Å². The number of nitrogens with zero attached hydrogens (tertiary/aromatic N) is 3. The number of carbonyl (C=O) groups is 1. The number of amides is 1. The molecule has 1 amide bonds. The zero-order chi connectivity index (χ0) is 20.8. The summed E-state index contributed by atoms with van der Waals surface area (Å²) < 4.78 is 5.08. The van der Waals surface area contributed by atoms with Gasteiger partial charge in [0, 0.05) is 25.2 Å². The summed E-state index contributed by atoms with van der Waals surface area (Å²) in [4.78, 5) is 17.8. The van der Waals surface area contributed by atoms with Crippen LogP contribution in [0.5, 0.6) is 0 Å². The maximum absolute atomic E-state index is 12.7. The van der Waals surface area contributed by atoms with E-state index >= 15 is 0 Å². The number of aryl methyl sites for hydroxylation is 1. The summed E-state index contributed by atoms with van der Waals surface area (Å²) in [6.45, 7) is 7.80. The van der Waals surface area contributed by atoms with E-state index in [2.05, 4.69) is 50.6 Å². The second kappa shape index (κ2) is 10.2. The number of likely N-dealkylation sites (tertiary alicyclic amines) is 2. The first kappa shape index (κ1) is 21.1. The standard InChI is InChI=1S/C24H34N4O2/c1-19-16-22(26-30-19)17-25-24(29)21-8-5-12-28(18-21)23-10-14-27(15-11-23)13-9-20-6-3-2-4-7-20/h2-4,6-7,16,21,23H,5,8-15,17-18H2,1H3,(H,25,29)/t21-/m0/s1. The molecule has 0 bridgehead atoms. The zero-order valence-electron chi connectivity index (χ0n) is 18.1. The fraction of sp³-hybridized carbons (Fsp3) is 0.583. The predicted molar refractivity (Wildman–Crippen MR) is 117 cm³/mol. The third kappa shape index (κ3) is 5.70. The second-order valence-electron chi connectivity index (χ2n) is 8.79. The van der Waals surface area contributed by atoms with Crippen LogP contribution in [0.15, 0.2) is 40.9 Å². The Morgan fingerprint density at radius 2 is 1.97 bits per heavy atom. The fourth-order valence-corrected chi connectivity index (χ4v) is 4.82. The summed E-state index contributed by atoms with van der Waals surface area (Å²) in [5.41, 5.74) is 2.21. The summed E-state index contributed by atoms with van der Waals surface area (Å²) in [6.07, 6.45) is 5.64. The molecular weight excluding hydrogens is 376 g/mol. The van der Waals surface area contributed by atoms with Crippen molar-refractivity contribution in [1.82, 2.24) is 20.3 Å². The van der Waals surface area contributed by atoms with E-state index in [-0.39, 0.29) is 11.8 Å². The Morgan fingerprint density at radius 1 is 1.17 bits per heavy atom. The summed E-state index contributed by atoms with van der Waals surface area (Å²) in [5.74, 6) is 1.02. The van der Waals surface area contributed by atoms with Crippen molar-refractivity contribution in [2.75, 3.05) is 32.7 Å². The van der Waals surface area contributed by atoms with E-state index in [9.17, 15) is 4.79 Å². The summed E-state index contributed by atoms with van der Waals surface area (Å²) in [7, 11) is 0. The van der Waals surface area contributed by atoms with E-state index in [1.54, 1.807) is 0 Å². The molecule has 6 heteroatoms. The summed E-state index contributed by atoms with van der Waals surface area (Å²) in [6, 6.07) is 13.3. The molecule has 162 valence electrons. The first-order valence-corrected chi connectivity index (χ1v) is 11.4. The van der Waals surface area contributed by atoms with Crippen LogP contribution in [0.1, 0.15) is 42.7 Å². The lowest BCUT2D eigenvalue weighted by molar-refractivity contribution is -0.127. The maximum atomic E-state index is 12.7. The largest absolute Gasteiger partial charge is 0.361 e. The lowest BCUT2D eigenvalue weighted by Crippen LogP contribution is -2.50. The predicted octanol–water partition coefficient (Wildman–Crippen LogP) is 3.02. The molecule has 1 aromatic carbocycles. The van der Waals surface area contributed by atoms with E-state index in [0.29, 0.717) is 12.6 Å². The fourth-order valence-electron chi connectivity index (χ4n) is 4.82. The van der Waals surface area contributed by atoms with Gasteiger partial charge in [0.1, 0.15) is 11.5 Å². The van der Waals surface area contributed by atoms with E-state index in [0.717, 1.165) is 63.4 Å². The van der Waals surface area contributed by atoms with Crippen molar-refractivity contribution < 1.29 is 9.32 Å². The Labute approximate surface area is 179 Å². The zero-order valence-corrected chi connectivity index (χ0v) is 18.1. The molecule has 3 heterocycles. The third-order valence-electron chi connectivity index (χ3n) is 6.58. The normalized spacial score (nSPS) is 21.6. The van der Waals surface area contributed by atoms with Crippen LogP contribution in [-0.2, 0) is 17.8 Å². The Morgan fingerprint density at radius 3 is 2.70 bits per heavy atom. The smallest absolute Gasteiger partial charge is 0.224 e. The minimum atomic E-state index is 0.0860. The van der Waals surface area contributed by atoms with Crippen LogP contribution >= 0.6 is 0 Å². The van der Waals surface area contributed by atoms with Crippen LogP contribution < -0.4 is 5.32 Å². The summed E-state index contributed by atoms with van der Waals surface area (Å²) >= 11 is 0. The number of rotatable bonds is 7. The number of aromatic nitrogens is 1. The van der Waals surface area contributed by atoms with Gasteiger partial charge in [-0.1, -0.05) is 35.5 Å². The molecular formula is C24H34N4O2. The monoisotopic (exact) mass is 410 g/mol. The Balaban J connectivity index is 1.19. The number of hydrogen-bond acceptors (Lipinski definition) is 5. The highest BCUT2D eigenvalue weighted by Gasteiger charge is 2.31. The van der Waals surface area contributed by atoms with Crippen LogP contribution in [-0.4, -0.2) is 59.6 Å². The van der Waals surface area contributed by atoms with Crippen molar-refractivity contribution in [2.24, 2.45) is 5.92 Å². The number of benzene rings is 1. The van der Waals surface area contributed by atoms with Gasteiger partial charge in [0.15, 0.2) is 0 Å². The van der Waals surface area contributed by atoms with Crippen LogP contribution in [0.25, 0.3) is 0 Å². The molecule has 6 nitrogen and oxygen atoms in total. The Kier molecular flexibility index (Phi) is 7.18. The molecule has 1 N–H and O–H groups in total. The highest BCUT2D eigenvalue weighted by atomic mass is 16.5. The number of hydrogen-bond donors (Lipinski definition) is 1. The number of nitrogens with one attached hydrogen (secondary N) is 1. The first-order chi connectivity index (χ1) is 14.7. The average Bonchev–Trinajstić information content (AvgIpc) is 3.22. The molecule has 2 saturated heterocycles. The molecule has 0 unspecified atom stereocenters. The van der Waals surface area contributed by atoms with Gasteiger partial charge in [0.25, 0.3) is 0 Å². The molecule has 2 aliphatic heterocycles. The lowest BCUT2D eigenvalue weighted by atomic mass is 9.93. The van der Waals surface area contributed by atoms with Crippen molar-refractivity contribution in [3.63, 3.8) is 0 Å². The van der Waals surface area contributed by atoms with E-state index in [1.165, 1.54) is 18.4 Å². The molecule has 1 atom stereocenters. The number of carbonyl (C=O) groups excluding carboxylic acids is 1. The highest BCUT2D eigenvalue weighted by molar-refractivity contribution is 5.78. The van der Waals surface area contributed by atoms with Crippen molar-refractivity contribution in [3.8, 4) is 0 Å². The Bertz CT molecular complexity index is 799. The van der Waals surface area contributed by atoms with Gasteiger partial charge < -0.3 is 14.7 Å². The Hall–Kier alpha value is -2.18. The van der Waals surface area contributed by atoms with Crippen molar-refractivity contribution in [2.45, 2.75) is 51.6 Å². The van der Waals surface area contributed by atoms with E-state index in [4.69, 9.17) is 4.52 Å². The molecule has 2 aliphatic rings. The van der Waals surface area contributed by atoms with Crippen molar-refractivity contribution in [1.29, 1.82) is 0 Å². The van der Waals surface area contributed by atoms with Gasteiger partial charge in [0.2, 0.25) is 5.91 Å². The van der Waals surface area contributed by atoms with E-state index in [1.807, 2.05) is 13.0 Å². The van der Waals surface area contributed by atoms with Gasteiger partial charge in [-0.2, -0.15) is 0 Å². The first-order valence-electron chi connectivity index (χ1n) is 11.4. The van der Waals surface area contributed by atoms with Crippen LogP contribution in [0, 0.1) is 12.8 Å². The minimum absolute atomic E-state index is 0.0860. The molecule has 4 rings (SSSR count). The van der Waals surface area contributed by atoms with Gasteiger partial charge in [-0.3, -0.25) is 9.69 Å². The average molecular weight is 411 g/mol. The van der Waals surface area contributed by atoms with Gasteiger partial charge >= 0.3 is 0 Å². The number of piperidine rings is 2. The third-order valence-corrected chi connectivity index (χ3v) is 6.58. The molecule has 0 radical (unpaired) electrons. The lowest BCUT2D eigenvalue weighted by Gasteiger charge is -2.42. The minimum Gasteiger partial charge on any atom is -0.361 e. The van der Waals surface area contributed by atoms with Gasteiger partial charge in [-0.15, -0.1) is 0 Å². The van der Waals surface area contributed by atoms with E-state index < -0.39 is 0 Å². The summed E-state index contributed by atoms with van der Waals surface area (Å²) in [5, 5.41) is 7.01.